The summed E-state index contributed by atoms with van der Waals surface area (Å²) in [5.41, 5.74) is 4.50. The molecule has 0 bridgehead atoms. The molecule has 2 N–H and O–H groups in total. The van der Waals surface area contributed by atoms with Crippen molar-refractivity contribution >= 4 is 5.97 Å². The Kier molecular flexibility index (Phi) is 8.13. The highest BCUT2D eigenvalue weighted by Gasteiger charge is 2.36. The van der Waals surface area contributed by atoms with Crippen LogP contribution in [0.3, 0.4) is 0 Å². The Labute approximate surface area is 215 Å². The van der Waals surface area contributed by atoms with Crippen molar-refractivity contribution in [3.8, 4) is 22.6 Å². The van der Waals surface area contributed by atoms with Crippen molar-refractivity contribution < 1.29 is 33.3 Å². The summed E-state index contributed by atoms with van der Waals surface area (Å²) in [6.45, 7) is 1.93. The van der Waals surface area contributed by atoms with Crippen molar-refractivity contribution in [1.82, 2.24) is 0 Å². The second-order valence-electron chi connectivity index (χ2n) is 10.2. The fourth-order valence-electron chi connectivity index (χ4n) is 5.26. The second kappa shape index (κ2) is 11.3. The van der Waals surface area contributed by atoms with E-state index >= 15 is 0 Å². The lowest BCUT2D eigenvalue weighted by atomic mass is 9.75. The molecule has 4 rings (SSSR count). The number of halogens is 2. The first kappa shape index (κ1) is 26.6. The third-order valence-electron chi connectivity index (χ3n) is 7.14. The predicted octanol–water partition coefficient (Wildman–Crippen LogP) is 7.34. The van der Waals surface area contributed by atoms with E-state index in [0.29, 0.717) is 17.2 Å². The second-order valence-corrected chi connectivity index (χ2v) is 10.2. The number of hydrogen-bond acceptors (Lipinski definition) is 4. The van der Waals surface area contributed by atoms with E-state index in [1.807, 2.05) is 18.2 Å². The molecule has 1 saturated carbocycles. The van der Waals surface area contributed by atoms with Crippen LogP contribution < -0.4 is 9.47 Å². The molecule has 7 heteroatoms. The van der Waals surface area contributed by atoms with Gasteiger partial charge in [0.25, 0.3) is 0 Å². The van der Waals surface area contributed by atoms with E-state index in [0.717, 1.165) is 41.5 Å². The molecule has 3 aromatic carbocycles. The highest BCUT2D eigenvalue weighted by atomic mass is 19.3. The van der Waals surface area contributed by atoms with Gasteiger partial charge in [-0.15, -0.1) is 0 Å². The Morgan fingerprint density at radius 1 is 1.05 bits per heavy atom. The topological polar surface area (TPSA) is 76.0 Å². The van der Waals surface area contributed by atoms with E-state index in [1.54, 1.807) is 36.4 Å². The number of carbonyl (C=O) groups is 1. The van der Waals surface area contributed by atoms with E-state index in [9.17, 15) is 18.7 Å². The summed E-state index contributed by atoms with van der Waals surface area (Å²) in [6.07, 6.45) is 1.78. The van der Waals surface area contributed by atoms with Crippen molar-refractivity contribution in [2.45, 2.75) is 64.8 Å². The van der Waals surface area contributed by atoms with Gasteiger partial charge in [0.1, 0.15) is 18.1 Å². The van der Waals surface area contributed by atoms with Gasteiger partial charge in [-0.05, 0) is 76.3 Å². The third-order valence-corrected chi connectivity index (χ3v) is 7.14. The van der Waals surface area contributed by atoms with Crippen LogP contribution in [0, 0.1) is 5.41 Å². The fraction of sp³-hybridized carbons (Fsp3) is 0.367. The summed E-state index contributed by atoms with van der Waals surface area (Å²) >= 11 is 0. The fourth-order valence-corrected chi connectivity index (χ4v) is 5.26. The van der Waals surface area contributed by atoms with Gasteiger partial charge < -0.3 is 19.7 Å². The molecule has 0 aromatic heterocycles. The Hall–Kier alpha value is -3.45. The maximum absolute atomic E-state index is 12.8. The lowest BCUT2D eigenvalue weighted by Gasteiger charge is -2.30. The van der Waals surface area contributed by atoms with Crippen molar-refractivity contribution in [2.24, 2.45) is 5.41 Å². The van der Waals surface area contributed by atoms with Crippen molar-refractivity contribution in [3.63, 3.8) is 0 Å². The van der Waals surface area contributed by atoms with Gasteiger partial charge in [-0.3, -0.25) is 4.79 Å². The summed E-state index contributed by atoms with van der Waals surface area (Å²) in [7, 11) is 0. The number of aliphatic hydroxyl groups excluding tert-OH is 1. The average molecular weight is 511 g/mol. The molecule has 0 aliphatic heterocycles. The van der Waals surface area contributed by atoms with Crippen LogP contribution >= 0.6 is 0 Å². The number of carboxylic acids is 1. The number of benzene rings is 3. The molecule has 1 fully saturated rings. The Bertz CT molecular complexity index is 1240. The van der Waals surface area contributed by atoms with Gasteiger partial charge in [0.05, 0.1) is 12.5 Å². The maximum atomic E-state index is 12.8. The van der Waals surface area contributed by atoms with Crippen molar-refractivity contribution in [2.75, 3.05) is 0 Å². The molecule has 37 heavy (non-hydrogen) atoms. The summed E-state index contributed by atoms with van der Waals surface area (Å²) < 4.78 is 36.3. The number of aliphatic carboxylic acids is 1. The Morgan fingerprint density at radius 3 is 2.51 bits per heavy atom. The van der Waals surface area contributed by atoms with Crippen molar-refractivity contribution in [1.29, 1.82) is 0 Å². The molecule has 1 aliphatic rings. The minimum absolute atomic E-state index is 0.0971. The van der Waals surface area contributed by atoms with Crippen LogP contribution in [-0.4, -0.2) is 22.8 Å². The molecule has 3 aromatic rings. The number of carboxylic acid groups (broad SMARTS) is 1. The zero-order chi connectivity index (χ0) is 26.6. The van der Waals surface area contributed by atoms with Crippen LogP contribution in [0.4, 0.5) is 8.78 Å². The quantitative estimate of drug-likeness (QED) is 0.299. The minimum Gasteiger partial charge on any atom is -0.489 e. The normalized spacial score (nSPS) is 17.5. The molecular weight excluding hydrogens is 478 g/mol. The third kappa shape index (κ3) is 6.66. The lowest BCUT2D eigenvalue weighted by Crippen LogP contribution is -2.16. The van der Waals surface area contributed by atoms with Crippen LogP contribution in [0.5, 0.6) is 11.5 Å². The summed E-state index contributed by atoms with van der Waals surface area (Å²) in [4.78, 5) is 10.9. The molecule has 0 unspecified atom stereocenters. The summed E-state index contributed by atoms with van der Waals surface area (Å²) in [5.74, 6) is -0.115. The van der Waals surface area contributed by atoms with Crippen LogP contribution in [0.15, 0.2) is 66.7 Å². The molecule has 1 aliphatic carbocycles. The lowest BCUT2D eigenvalue weighted by molar-refractivity contribution is -0.139. The molecule has 0 heterocycles. The summed E-state index contributed by atoms with van der Waals surface area (Å²) in [5, 5.41) is 19.1. The van der Waals surface area contributed by atoms with E-state index in [4.69, 9.17) is 9.84 Å². The van der Waals surface area contributed by atoms with Crippen LogP contribution in [0.1, 0.15) is 68.2 Å². The molecule has 0 spiro atoms. The molecule has 0 amide bonds. The van der Waals surface area contributed by atoms with Gasteiger partial charge in [0.2, 0.25) is 0 Å². The van der Waals surface area contributed by atoms with Crippen LogP contribution in [-0.2, 0) is 11.4 Å². The monoisotopic (exact) mass is 510 g/mol. The Balaban J connectivity index is 1.61. The van der Waals surface area contributed by atoms with Crippen LogP contribution in [0.2, 0.25) is 0 Å². The Morgan fingerprint density at radius 2 is 1.81 bits per heavy atom. The van der Waals surface area contributed by atoms with Gasteiger partial charge in [0, 0.05) is 0 Å². The molecule has 0 radical (unpaired) electrons. The number of rotatable bonds is 10. The molecule has 0 saturated heterocycles. The number of aliphatic hydroxyl groups is 1. The summed E-state index contributed by atoms with van der Waals surface area (Å²) in [6, 6.07) is 19.7. The van der Waals surface area contributed by atoms with Gasteiger partial charge in [-0.1, -0.05) is 62.7 Å². The van der Waals surface area contributed by atoms with Gasteiger partial charge in [-0.25, -0.2) is 0 Å². The maximum Gasteiger partial charge on any atom is 0.387 e. The van der Waals surface area contributed by atoms with E-state index in [-0.39, 0.29) is 24.2 Å². The predicted molar refractivity (Wildman–Crippen MR) is 137 cm³/mol. The minimum atomic E-state index is -2.88. The van der Waals surface area contributed by atoms with E-state index in [2.05, 4.69) is 24.7 Å². The largest absolute Gasteiger partial charge is 0.489 e. The van der Waals surface area contributed by atoms with E-state index in [1.165, 1.54) is 6.07 Å². The van der Waals surface area contributed by atoms with Gasteiger partial charge >= 0.3 is 12.6 Å². The van der Waals surface area contributed by atoms with Crippen molar-refractivity contribution in [3.05, 3.63) is 83.4 Å². The smallest absolute Gasteiger partial charge is 0.387 e. The number of ether oxygens (including phenoxy) is 2. The number of hydrogen-bond donors (Lipinski definition) is 2. The number of alkyl halides is 2. The first-order chi connectivity index (χ1) is 17.6. The molecule has 196 valence electrons. The van der Waals surface area contributed by atoms with Gasteiger partial charge in [-0.2, -0.15) is 8.78 Å². The standard InChI is InChI=1S/C30H32F2O5/c1-30(2)13-5-10-26(30)25-14-19(11-12-24(25)20-6-3-9-23(15-20)37-29(31)32)18-36-22-8-4-7-21(16-22)27(33)17-28(34)35/h3-4,6-9,11-12,14-16,26-27,29,33H,5,10,13,17-18H2,1-2H3,(H,34,35)/t26-,27+/m0/s1. The molecular formula is C30H32F2O5. The first-order valence-electron chi connectivity index (χ1n) is 12.4. The van der Waals surface area contributed by atoms with E-state index < -0.39 is 18.7 Å². The highest BCUT2D eigenvalue weighted by Crippen LogP contribution is 2.51. The zero-order valence-electron chi connectivity index (χ0n) is 21.0. The SMILES string of the molecule is CC1(C)CCC[C@H]1c1cc(COc2cccc([C@H](O)CC(=O)O)c2)ccc1-c1cccc(OC(F)F)c1. The van der Waals surface area contributed by atoms with Crippen LogP contribution in [0.25, 0.3) is 11.1 Å². The first-order valence-corrected chi connectivity index (χ1v) is 12.4. The average Bonchev–Trinajstić information content (AvgIpc) is 3.21. The molecule has 2 atom stereocenters. The van der Waals surface area contributed by atoms with Gasteiger partial charge in [0.15, 0.2) is 0 Å². The zero-order valence-corrected chi connectivity index (χ0v) is 21.0. The molecule has 5 nitrogen and oxygen atoms in total. The highest BCUT2D eigenvalue weighted by molar-refractivity contribution is 5.70.